The van der Waals surface area contributed by atoms with Crippen LogP contribution in [0.3, 0.4) is 0 Å². The van der Waals surface area contributed by atoms with Gasteiger partial charge in [-0.2, -0.15) is 0 Å². The number of aromatic nitrogens is 2. The van der Waals surface area contributed by atoms with Crippen LogP contribution in [0.5, 0.6) is 0 Å². The van der Waals surface area contributed by atoms with Crippen molar-refractivity contribution in [3.63, 3.8) is 0 Å². The summed E-state index contributed by atoms with van der Waals surface area (Å²) in [5.41, 5.74) is 1.73. The number of nitro groups is 1. The molecule has 1 aromatic carbocycles. The van der Waals surface area contributed by atoms with Crippen LogP contribution in [0.1, 0.15) is 5.69 Å². The van der Waals surface area contributed by atoms with Crippen LogP contribution in [0.25, 0.3) is 5.65 Å². The summed E-state index contributed by atoms with van der Waals surface area (Å²) >= 11 is 0. The predicted molar refractivity (Wildman–Crippen MR) is 80.4 cm³/mol. The Morgan fingerprint density at radius 3 is 2.95 bits per heavy atom. The van der Waals surface area contributed by atoms with Gasteiger partial charge in [-0.05, 0) is 18.2 Å². The van der Waals surface area contributed by atoms with Gasteiger partial charge in [0, 0.05) is 37.5 Å². The molecule has 0 radical (unpaired) electrons. The Morgan fingerprint density at radius 2 is 2.18 bits per heavy atom. The number of benzene rings is 1. The molecule has 6 nitrogen and oxygen atoms in total. The van der Waals surface area contributed by atoms with E-state index < -0.39 is 10.7 Å². The summed E-state index contributed by atoms with van der Waals surface area (Å²) in [4.78, 5) is 14.8. The van der Waals surface area contributed by atoms with Gasteiger partial charge in [-0.15, -0.1) is 0 Å². The van der Waals surface area contributed by atoms with E-state index in [4.69, 9.17) is 0 Å². The van der Waals surface area contributed by atoms with Gasteiger partial charge in [0.2, 0.25) is 0 Å². The van der Waals surface area contributed by atoms with E-state index in [1.807, 2.05) is 35.0 Å². The predicted octanol–water partition coefficient (Wildman–Crippen LogP) is 3.04. The zero-order valence-electron chi connectivity index (χ0n) is 11.6. The molecule has 112 valence electrons. The van der Waals surface area contributed by atoms with Crippen LogP contribution >= 0.6 is 0 Å². The van der Waals surface area contributed by atoms with Crippen LogP contribution in [-0.2, 0) is 6.42 Å². The van der Waals surface area contributed by atoms with E-state index in [1.54, 1.807) is 0 Å². The Balaban J connectivity index is 1.70. The summed E-state index contributed by atoms with van der Waals surface area (Å²) in [5, 5.41) is 13.8. The van der Waals surface area contributed by atoms with E-state index in [1.165, 1.54) is 0 Å². The number of nitro benzene ring substituents is 1. The first-order valence-electron chi connectivity index (χ1n) is 6.74. The summed E-state index contributed by atoms with van der Waals surface area (Å²) in [7, 11) is 0. The third-order valence-electron chi connectivity index (χ3n) is 3.27. The molecule has 0 unspecified atom stereocenters. The zero-order valence-corrected chi connectivity index (χ0v) is 11.6. The van der Waals surface area contributed by atoms with Crippen molar-refractivity contribution in [1.29, 1.82) is 0 Å². The average Bonchev–Trinajstić information content (AvgIpc) is 2.89. The fourth-order valence-corrected chi connectivity index (χ4v) is 2.24. The maximum atomic E-state index is 13.2. The number of pyridine rings is 1. The van der Waals surface area contributed by atoms with E-state index in [-0.39, 0.29) is 11.4 Å². The molecule has 0 saturated carbocycles. The Bertz CT molecular complexity index is 798. The van der Waals surface area contributed by atoms with Gasteiger partial charge in [-0.25, -0.2) is 9.37 Å². The number of fused-ring (bicyclic) bond motifs is 1. The first-order chi connectivity index (χ1) is 10.6. The smallest absolute Gasteiger partial charge is 0.292 e. The largest absolute Gasteiger partial charge is 0.379 e. The molecule has 3 rings (SSSR count). The van der Waals surface area contributed by atoms with Crippen molar-refractivity contribution in [2.24, 2.45) is 0 Å². The van der Waals surface area contributed by atoms with Gasteiger partial charge >= 0.3 is 0 Å². The minimum Gasteiger partial charge on any atom is -0.379 e. The van der Waals surface area contributed by atoms with Crippen molar-refractivity contribution in [3.8, 4) is 0 Å². The number of anilines is 1. The molecule has 22 heavy (non-hydrogen) atoms. The van der Waals surface area contributed by atoms with Gasteiger partial charge < -0.3 is 9.72 Å². The molecule has 3 aromatic rings. The molecule has 0 saturated heterocycles. The molecule has 0 fully saturated rings. The van der Waals surface area contributed by atoms with Crippen molar-refractivity contribution < 1.29 is 9.31 Å². The number of hydrogen-bond donors (Lipinski definition) is 1. The zero-order chi connectivity index (χ0) is 15.5. The van der Waals surface area contributed by atoms with E-state index in [9.17, 15) is 14.5 Å². The fourth-order valence-electron chi connectivity index (χ4n) is 2.24. The SMILES string of the molecule is O=[N+]([O-])c1ccc(F)cc1NCCc1cn2ccccc2n1. The molecule has 0 amide bonds. The quantitative estimate of drug-likeness (QED) is 0.580. The molecular weight excluding hydrogens is 287 g/mol. The standard InChI is InChI=1S/C15H13FN4O2/c16-11-4-5-14(20(21)22)13(9-11)17-7-6-12-10-19-8-2-1-3-15(19)18-12/h1-5,8-10,17H,6-7H2. The number of hydrogen-bond acceptors (Lipinski definition) is 4. The van der Waals surface area contributed by atoms with Crippen LogP contribution in [-0.4, -0.2) is 20.9 Å². The Hall–Kier alpha value is -2.96. The second kappa shape index (κ2) is 5.80. The van der Waals surface area contributed by atoms with Gasteiger partial charge in [-0.3, -0.25) is 10.1 Å². The third kappa shape index (κ3) is 2.88. The van der Waals surface area contributed by atoms with Crippen molar-refractivity contribution in [2.45, 2.75) is 6.42 Å². The first-order valence-corrected chi connectivity index (χ1v) is 6.74. The number of rotatable bonds is 5. The summed E-state index contributed by atoms with van der Waals surface area (Å²) in [6.45, 7) is 0.425. The van der Waals surface area contributed by atoms with Crippen LogP contribution in [0.15, 0.2) is 48.8 Å². The summed E-state index contributed by atoms with van der Waals surface area (Å²) in [6.07, 6.45) is 4.38. The van der Waals surface area contributed by atoms with Crippen molar-refractivity contribution in [2.75, 3.05) is 11.9 Å². The fraction of sp³-hybridized carbons (Fsp3) is 0.133. The lowest BCUT2D eigenvalue weighted by Crippen LogP contribution is -2.07. The van der Waals surface area contributed by atoms with Crippen LogP contribution in [0.2, 0.25) is 0 Å². The summed E-state index contributed by atoms with van der Waals surface area (Å²) in [6, 6.07) is 9.07. The molecular formula is C15H13FN4O2. The highest BCUT2D eigenvalue weighted by atomic mass is 19.1. The molecule has 0 bridgehead atoms. The van der Waals surface area contributed by atoms with Gasteiger partial charge in [0.05, 0.1) is 10.6 Å². The third-order valence-corrected chi connectivity index (χ3v) is 3.27. The van der Waals surface area contributed by atoms with Crippen LogP contribution < -0.4 is 5.32 Å². The molecule has 0 spiro atoms. The second-order valence-corrected chi connectivity index (χ2v) is 4.79. The monoisotopic (exact) mass is 300 g/mol. The molecule has 0 aliphatic heterocycles. The van der Waals surface area contributed by atoms with Crippen molar-refractivity contribution >= 4 is 17.0 Å². The lowest BCUT2D eigenvalue weighted by Gasteiger charge is -2.06. The topological polar surface area (TPSA) is 72.5 Å². The van der Waals surface area contributed by atoms with E-state index in [0.717, 1.165) is 29.5 Å². The van der Waals surface area contributed by atoms with Crippen molar-refractivity contribution in [1.82, 2.24) is 9.38 Å². The molecule has 2 aromatic heterocycles. The Kier molecular flexibility index (Phi) is 3.69. The molecule has 0 aliphatic rings. The van der Waals surface area contributed by atoms with Crippen LogP contribution in [0.4, 0.5) is 15.8 Å². The molecule has 0 atom stereocenters. The highest BCUT2D eigenvalue weighted by molar-refractivity contribution is 5.61. The first kappa shape index (κ1) is 14.0. The number of nitrogens with one attached hydrogen (secondary N) is 1. The van der Waals surface area contributed by atoms with Gasteiger partial charge in [0.15, 0.2) is 0 Å². The Labute approximate surface area is 125 Å². The minimum atomic E-state index is -0.535. The second-order valence-electron chi connectivity index (χ2n) is 4.79. The maximum absolute atomic E-state index is 13.2. The molecule has 0 aliphatic carbocycles. The average molecular weight is 300 g/mol. The highest BCUT2D eigenvalue weighted by Gasteiger charge is 2.14. The van der Waals surface area contributed by atoms with E-state index >= 15 is 0 Å². The van der Waals surface area contributed by atoms with E-state index in [0.29, 0.717) is 13.0 Å². The van der Waals surface area contributed by atoms with Gasteiger partial charge in [-0.1, -0.05) is 6.07 Å². The normalized spacial score (nSPS) is 10.8. The Morgan fingerprint density at radius 1 is 1.32 bits per heavy atom. The molecule has 2 heterocycles. The lowest BCUT2D eigenvalue weighted by atomic mass is 10.2. The van der Waals surface area contributed by atoms with Crippen molar-refractivity contribution in [3.05, 3.63) is 70.4 Å². The van der Waals surface area contributed by atoms with Gasteiger partial charge in [0.1, 0.15) is 17.2 Å². The van der Waals surface area contributed by atoms with Gasteiger partial charge in [0.25, 0.3) is 5.69 Å². The maximum Gasteiger partial charge on any atom is 0.292 e. The number of imidazole rings is 1. The van der Waals surface area contributed by atoms with E-state index in [2.05, 4.69) is 10.3 Å². The minimum absolute atomic E-state index is 0.142. The number of halogens is 1. The molecule has 7 heteroatoms. The van der Waals surface area contributed by atoms with Crippen LogP contribution in [0, 0.1) is 15.9 Å². The summed E-state index contributed by atoms with van der Waals surface area (Å²) in [5.74, 6) is -0.513. The lowest BCUT2D eigenvalue weighted by molar-refractivity contribution is -0.384. The molecule has 1 N–H and O–H groups in total. The highest BCUT2D eigenvalue weighted by Crippen LogP contribution is 2.24. The number of nitrogens with zero attached hydrogens (tertiary/aromatic N) is 3. The summed E-state index contributed by atoms with van der Waals surface area (Å²) < 4.78 is 15.1.